The number of thioether (sulfide) groups is 1. The van der Waals surface area contributed by atoms with Gasteiger partial charge in [-0.3, -0.25) is 4.98 Å². The van der Waals surface area contributed by atoms with Crippen molar-refractivity contribution in [3.8, 4) is 0 Å². The summed E-state index contributed by atoms with van der Waals surface area (Å²) in [5.41, 5.74) is 6.91. The van der Waals surface area contributed by atoms with Crippen molar-refractivity contribution in [3.05, 3.63) is 24.0 Å². The minimum absolute atomic E-state index is 0.0262. The molecule has 0 amide bonds. The Hall–Kier alpha value is -1.43. The van der Waals surface area contributed by atoms with Gasteiger partial charge in [0.05, 0.1) is 11.9 Å². The van der Waals surface area contributed by atoms with Gasteiger partial charge in [0.2, 0.25) is 0 Å². The Morgan fingerprint density at radius 2 is 2.38 bits per heavy atom. The van der Waals surface area contributed by atoms with Crippen molar-refractivity contribution in [3.63, 3.8) is 0 Å². The molecule has 0 aliphatic rings. The number of rotatable bonds is 5. The Morgan fingerprint density at radius 1 is 1.62 bits per heavy atom. The molecule has 6 heteroatoms. The summed E-state index contributed by atoms with van der Waals surface area (Å²) in [6, 6.07) is 3.64. The Bertz CT molecular complexity index is 352. The molecule has 0 radical (unpaired) electrons. The fourth-order valence-electron chi connectivity index (χ4n) is 1.17. The standard InChI is InChI=1S/C10H16N4OS/c1-14(5-6-16-2)8-3-4-9(12-7-8)10(11)13-15/h3-4,7,15H,5-6H2,1-2H3,(H2,11,13). The first-order valence-corrected chi connectivity index (χ1v) is 6.22. The van der Waals surface area contributed by atoms with E-state index in [4.69, 9.17) is 10.9 Å². The van der Waals surface area contributed by atoms with Gasteiger partial charge in [0.15, 0.2) is 5.84 Å². The Kier molecular flexibility index (Phi) is 4.91. The van der Waals surface area contributed by atoms with Gasteiger partial charge >= 0.3 is 0 Å². The van der Waals surface area contributed by atoms with Gasteiger partial charge < -0.3 is 15.8 Å². The van der Waals surface area contributed by atoms with E-state index in [9.17, 15) is 0 Å². The van der Waals surface area contributed by atoms with E-state index in [1.807, 2.05) is 13.1 Å². The number of amidine groups is 1. The van der Waals surface area contributed by atoms with Crippen LogP contribution in [-0.2, 0) is 0 Å². The van der Waals surface area contributed by atoms with Crippen molar-refractivity contribution >= 4 is 23.3 Å². The molecule has 3 N–H and O–H groups in total. The highest BCUT2D eigenvalue weighted by Crippen LogP contribution is 2.11. The molecule has 88 valence electrons. The number of aromatic nitrogens is 1. The maximum Gasteiger partial charge on any atom is 0.188 e. The van der Waals surface area contributed by atoms with Gasteiger partial charge in [-0.15, -0.1) is 0 Å². The van der Waals surface area contributed by atoms with E-state index in [-0.39, 0.29) is 5.84 Å². The molecule has 0 saturated heterocycles. The van der Waals surface area contributed by atoms with E-state index < -0.39 is 0 Å². The van der Waals surface area contributed by atoms with Crippen LogP contribution in [0.1, 0.15) is 5.69 Å². The third-order valence-electron chi connectivity index (χ3n) is 2.19. The monoisotopic (exact) mass is 240 g/mol. The molecule has 0 atom stereocenters. The summed E-state index contributed by atoms with van der Waals surface area (Å²) in [5, 5.41) is 11.4. The number of nitrogens with zero attached hydrogens (tertiary/aromatic N) is 3. The highest BCUT2D eigenvalue weighted by Gasteiger charge is 2.03. The Morgan fingerprint density at radius 3 is 2.88 bits per heavy atom. The molecule has 1 heterocycles. The molecule has 1 rings (SSSR count). The van der Waals surface area contributed by atoms with Gasteiger partial charge in [0.25, 0.3) is 0 Å². The minimum Gasteiger partial charge on any atom is -0.409 e. The number of hydrogen-bond acceptors (Lipinski definition) is 5. The third kappa shape index (κ3) is 3.30. The lowest BCUT2D eigenvalue weighted by molar-refractivity contribution is 0.318. The van der Waals surface area contributed by atoms with Gasteiger partial charge in [-0.05, 0) is 18.4 Å². The first kappa shape index (κ1) is 12.6. The molecule has 0 unspecified atom stereocenters. The Labute approximate surface area is 99.3 Å². The van der Waals surface area contributed by atoms with Gasteiger partial charge in [0.1, 0.15) is 5.69 Å². The van der Waals surface area contributed by atoms with Crippen LogP contribution in [0.3, 0.4) is 0 Å². The van der Waals surface area contributed by atoms with Gasteiger partial charge in [-0.2, -0.15) is 11.8 Å². The van der Waals surface area contributed by atoms with Crippen LogP contribution in [-0.4, -0.2) is 41.6 Å². The van der Waals surface area contributed by atoms with Crippen molar-refractivity contribution in [2.75, 3.05) is 30.5 Å². The maximum atomic E-state index is 8.49. The molecule has 0 aliphatic heterocycles. The number of hydrogen-bond donors (Lipinski definition) is 2. The quantitative estimate of drug-likeness (QED) is 0.347. The third-order valence-corrected chi connectivity index (χ3v) is 2.78. The van der Waals surface area contributed by atoms with Crippen LogP contribution in [0, 0.1) is 0 Å². The summed E-state index contributed by atoms with van der Waals surface area (Å²) in [5.74, 6) is 1.09. The fourth-order valence-corrected chi connectivity index (χ4v) is 1.63. The summed E-state index contributed by atoms with van der Waals surface area (Å²) in [7, 11) is 2.01. The van der Waals surface area contributed by atoms with Crippen molar-refractivity contribution in [2.45, 2.75) is 0 Å². The summed E-state index contributed by atoms with van der Waals surface area (Å²) >= 11 is 1.80. The average molecular weight is 240 g/mol. The van der Waals surface area contributed by atoms with Crippen LogP contribution in [0.15, 0.2) is 23.5 Å². The van der Waals surface area contributed by atoms with Crippen molar-refractivity contribution in [1.82, 2.24) is 4.98 Å². The van der Waals surface area contributed by atoms with Crippen LogP contribution >= 0.6 is 11.8 Å². The molecular formula is C10H16N4OS. The van der Waals surface area contributed by atoms with E-state index in [0.29, 0.717) is 5.69 Å². The smallest absolute Gasteiger partial charge is 0.188 e. The molecule has 5 nitrogen and oxygen atoms in total. The lowest BCUT2D eigenvalue weighted by Crippen LogP contribution is -2.21. The number of nitrogens with two attached hydrogens (primary N) is 1. The maximum absolute atomic E-state index is 8.49. The van der Waals surface area contributed by atoms with Gasteiger partial charge in [-0.1, -0.05) is 5.16 Å². The predicted molar refractivity (Wildman–Crippen MR) is 68.4 cm³/mol. The molecule has 0 fully saturated rings. The second-order valence-corrected chi connectivity index (χ2v) is 4.29. The van der Waals surface area contributed by atoms with Crippen molar-refractivity contribution in [2.24, 2.45) is 10.9 Å². The number of oxime groups is 1. The van der Waals surface area contributed by atoms with E-state index in [2.05, 4.69) is 21.3 Å². The summed E-state index contributed by atoms with van der Waals surface area (Å²) in [4.78, 5) is 6.23. The zero-order valence-corrected chi connectivity index (χ0v) is 10.2. The van der Waals surface area contributed by atoms with E-state index in [1.165, 1.54) is 0 Å². The SMILES string of the molecule is CSCCN(C)c1ccc(/C(N)=N/O)nc1. The van der Waals surface area contributed by atoms with Crippen LogP contribution in [0.25, 0.3) is 0 Å². The molecule has 0 bridgehead atoms. The van der Waals surface area contributed by atoms with Crippen molar-refractivity contribution < 1.29 is 5.21 Å². The Balaban J connectivity index is 2.71. The van der Waals surface area contributed by atoms with Crippen LogP contribution in [0.2, 0.25) is 0 Å². The largest absolute Gasteiger partial charge is 0.409 e. The van der Waals surface area contributed by atoms with Crippen LogP contribution in [0.5, 0.6) is 0 Å². The highest BCUT2D eigenvalue weighted by atomic mass is 32.2. The summed E-state index contributed by atoms with van der Waals surface area (Å²) < 4.78 is 0. The molecule has 1 aromatic heterocycles. The minimum atomic E-state index is 0.0262. The van der Waals surface area contributed by atoms with Gasteiger partial charge in [0, 0.05) is 19.3 Å². The van der Waals surface area contributed by atoms with Gasteiger partial charge in [-0.25, -0.2) is 0 Å². The number of pyridine rings is 1. The van der Waals surface area contributed by atoms with Crippen LogP contribution in [0.4, 0.5) is 5.69 Å². The molecule has 0 aliphatic carbocycles. The van der Waals surface area contributed by atoms with Crippen LogP contribution < -0.4 is 10.6 Å². The summed E-state index contributed by atoms with van der Waals surface area (Å²) in [6.45, 7) is 0.964. The average Bonchev–Trinajstić information content (AvgIpc) is 2.35. The fraction of sp³-hybridized carbons (Fsp3) is 0.400. The lowest BCUT2D eigenvalue weighted by atomic mass is 10.3. The molecule has 0 aromatic carbocycles. The summed E-state index contributed by atoms with van der Waals surface area (Å²) in [6.07, 6.45) is 3.79. The molecule has 0 saturated carbocycles. The first-order valence-electron chi connectivity index (χ1n) is 4.83. The molecule has 0 spiro atoms. The zero-order chi connectivity index (χ0) is 12.0. The normalized spacial score (nSPS) is 11.5. The second-order valence-electron chi connectivity index (χ2n) is 3.30. The predicted octanol–water partition coefficient (Wildman–Crippen LogP) is 0.975. The van der Waals surface area contributed by atoms with E-state index >= 15 is 0 Å². The van der Waals surface area contributed by atoms with E-state index in [0.717, 1.165) is 18.0 Å². The van der Waals surface area contributed by atoms with E-state index in [1.54, 1.807) is 24.0 Å². The first-order chi connectivity index (χ1) is 7.69. The topological polar surface area (TPSA) is 74.7 Å². The molecular weight excluding hydrogens is 224 g/mol. The molecule has 1 aromatic rings. The highest BCUT2D eigenvalue weighted by molar-refractivity contribution is 7.98. The molecule has 16 heavy (non-hydrogen) atoms. The lowest BCUT2D eigenvalue weighted by Gasteiger charge is -2.18. The second kappa shape index (κ2) is 6.22. The zero-order valence-electron chi connectivity index (χ0n) is 9.42. The van der Waals surface area contributed by atoms with Crippen molar-refractivity contribution in [1.29, 1.82) is 0 Å². The number of anilines is 1.